The summed E-state index contributed by atoms with van der Waals surface area (Å²) in [6.07, 6.45) is 1.78. The highest BCUT2D eigenvalue weighted by atomic mass is 35.5. The summed E-state index contributed by atoms with van der Waals surface area (Å²) in [5, 5.41) is 16.7. The largest absolute Gasteiger partial charge is 0.339 e. The highest BCUT2D eigenvalue weighted by Crippen LogP contribution is 2.37. The summed E-state index contributed by atoms with van der Waals surface area (Å²) in [4.78, 5) is 30.4. The van der Waals surface area contributed by atoms with Crippen molar-refractivity contribution >= 4 is 47.1 Å². The molecule has 10 heteroatoms. The van der Waals surface area contributed by atoms with Gasteiger partial charge in [-0.15, -0.1) is 23.7 Å². The quantitative estimate of drug-likeness (QED) is 0.576. The Balaban J connectivity index is 0.00000261. The number of aryl methyl sites for hydroxylation is 1. The first-order valence-corrected chi connectivity index (χ1v) is 10.0. The zero-order valence-electron chi connectivity index (χ0n) is 15.0. The van der Waals surface area contributed by atoms with Crippen LogP contribution in [0.25, 0.3) is 0 Å². The first-order valence-electron chi connectivity index (χ1n) is 8.32. The zero-order valence-corrected chi connectivity index (χ0v) is 17.5. The van der Waals surface area contributed by atoms with Crippen molar-refractivity contribution in [3.8, 4) is 0 Å². The first-order chi connectivity index (χ1) is 12.5. The van der Waals surface area contributed by atoms with Crippen molar-refractivity contribution in [1.82, 2.24) is 15.2 Å². The van der Waals surface area contributed by atoms with Gasteiger partial charge in [-0.3, -0.25) is 14.9 Å². The molecule has 27 heavy (non-hydrogen) atoms. The molecular formula is C17H21ClN4O3S2. The Morgan fingerprint density at radius 1 is 1.41 bits per heavy atom. The van der Waals surface area contributed by atoms with Crippen LogP contribution in [0.4, 0.5) is 5.69 Å². The minimum atomic E-state index is -0.440. The molecule has 1 aromatic heterocycles. The number of aromatic nitrogens is 1. The zero-order chi connectivity index (χ0) is 18.7. The fourth-order valence-corrected chi connectivity index (χ4v) is 4.79. The van der Waals surface area contributed by atoms with Gasteiger partial charge in [-0.2, -0.15) is 0 Å². The van der Waals surface area contributed by atoms with Crippen LogP contribution in [0, 0.1) is 17.0 Å². The van der Waals surface area contributed by atoms with Gasteiger partial charge >= 0.3 is 0 Å². The highest BCUT2D eigenvalue weighted by molar-refractivity contribution is 8.01. The molecule has 0 saturated carbocycles. The monoisotopic (exact) mass is 428 g/mol. The summed E-state index contributed by atoms with van der Waals surface area (Å²) < 4.78 is 0.747. The Kier molecular flexibility index (Phi) is 7.60. The normalized spacial score (nSPS) is 14.4. The number of benzene rings is 1. The van der Waals surface area contributed by atoms with E-state index in [4.69, 9.17) is 0 Å². The van der Waals surface area contributed by atoms with Crippen molar-refractivity contribution in [2.75, 3.05) is 20.1 Å². The van der Waals surface area contributed by atoms with Crippen molar-refractivity contribution in [2.45, 2.75) is 35.0 Å². The number of hydrogen-bond donors (Lipinski definition) is 1. The topological polar surface area (TPSA) is 88.4 Å². The van der Waals surface area contributed by atoms with Gasteiger partial charge in [0.05, 0.1) is 9.82 Å². The predicted octanol–water partition coefficient (Wildman–Crippen LogP) is 3.76. The average molecular weight is 429 g/mol. The lowest BCUT2D eigenvalue weighted by molar-refractivity contribution is -0.387. The van der Waals surface area contributed by atoms with Gasteiger partial charge in [-0.1, -0.05) is 11.8 Å². The third-order valence-electron chi connectivity index (χ3n) is 4.37. The molecule has 0 radical (unpaired) electrons. The number of halogens is 1. The van der Waals surface area contributed by atoms with Crippen molar-refractivity contribution < 1.29 is 9.72 Å². The summed E-state index contributed by atoms with van der Waals surface area (Å²) in [6, 6.07) is 4.84. The number of piperidine rings is 1. The Labute approximate surface area is 172 Å². The second kappa shape index (κ2) is 9.50. The molecule has 1 N–H and O–H groups in total. The maximum Gasteiger partial charge on any atom is 0.284 e. The summed E-state index contributed by atoms with van der Waals surface area (Å²) in [5.41, 5.74) is 1.17. The van der Waals surface area contributed by atoms with Crippen molar-refractivity contribution in [3.05, 3.63) is 45.0 Å². The molecule has 1 aliphatic heterocycles. The van der Waals surface area contributed by atoms with E-state index in [1.807, 2.05) is 12.3 Å². The van der Waals surface area contributed by atoms with Gasteiger partial charge in [0.25, 0.3) is 11.6 Å². The number of hydrogen-bond acceptors (Lipinski definition) is 7. The Hall–Kier alpha value is -1.68. The van der Waals surface area contributed by atoms with E-state index in [-0.39, 0.29) is 30.0 Å². The molecular weight excluding hydrogens is 408 g/mol. The number of carbonyl (C=O) groups is 1. The van der Waals surface area contributed by atoms with Crippen molar-refractivity contribution in [3.63, 3.8) is 0 Å². The molecule has 0 bridgehead atoms. The maximum absolute atomic E-state index is 12.8. The molecule has 1 aliphatic rings. The Morgan fingerprint density at radius 3 is 2.70 bits per heavy atom. The van der Waals surface area contributed by atoms with Crippen LogP contribution in [0.5, 0.6) is 0 Å². The molecule has 0 spiro atoms. The molecule has 2 aromatic rings. The summed E-state index contributed by atoms with van der Waals surface area (Å²) in [5.74, 6) is -0.179. The van der Waals surface area contributed by atoms with Gasteiger partial charge in [0.15, 0.2) is 4.34 Å². The van der Waals surface area contributed by atoms with Gasteiger partial charge in [0.1, 0.15) is 0 Å². The SMILES string of the molecule is Cc1csc(Sc2ccc(C(=O)N(C)C3CCNCC3)cc2[N+](=O)[O-])n1.Cl. The van der Waals surface area contributed by atoms with Crippen LogP contribution >= 0.6 is 35.5 Å². The fraction of sp³-hybridized carbons (Fsp3) is 0.412. The molecule has 1 aromatic carbocycles. The van der Waals surface area contributed by atoms with Gasteiger partial charge in [-0.25, -0.2) is 4.98 Å². The lowest BCUT2D eigenvalue weighted by atomic mass is 10.0. The van der Waals surface area contributed by atoms with E-state index in [1.54, 1.807) is 24.1 Å². The van der Waals surface area contributed by atoms with Gasteiger partial charge in [0.2, 0.25) is 0 Å². The van der Waals surface area contributed by atoms with E-state index in [0.29, 0.717) is 10.5 Å². The van der Waals surface area contributed by atoms with Crippen LogP contribution in [-0.2, 0) is 0 Å². The third-order valence-corrected chi connectivity index (χ3v) is 6.50. The number of nitrogens with one attached hydrogen (secondary N) is 1. The Morgan fingerprint density at radius 2 is 2.11 bits per heavy atom. The number of thiazole rings is 1. The summed E-state index contributed by atoms with van der Waals surface area (Å²) in [6.45, 7) is 3.64. The molecule has 0 unspecified atom stereocenters. The molecule has 1 saturated heterocycles. The van der Waals surface area contributed by atoms with Crippen LogP contribution < -0.4 is 5.32 Å². The molecule has 7 nitrogen and oxygen atoms in total. The average Bonchev–Trinajstić information content (AvgIpc) is 3.06. The molecule has 0 aliphatic carbocycles. The minimum Gasteiger partial charge on any atom is -0.339 e. The lowest BCUT2D eigenvalue weighted by Crippen LogP contribution is -2.43. The minimum absolute atomic E-state index is 0. The standard InChI is InChI=1S/C17H20N4O3S2.ClH/c1-11-10-25-17(19-11)26-15-4-3-12(9-14(15)21(23)24)16(22)20(2)13-5-7-18-8-6-13;/h3-4,9-10,13,18H,5-8H2,1-2H3;1H. The van der Waals surface area contributed by atoms with Crippen LogP contribution in [-0.4, -0.2) is 46.9 Å². The second-order valence-electron chi connectivity index (χ2n) is 6.19. The van der Waals surface area contributed by atoms with E-state index in [2.05, 4.69) is 10.3 Å². The van der Waals surface area contributed by atoms with E-state index < -0.39 is 4.92 Å². The summed E-state index contributed by atoms with van der Waals surface area (Å²) in [7, 11) is 1.77. The van der Waals surface area contributed by atoms with Crippen LogP contribution in [0.1, 0.15) is 28.9 Å². The van der Waals surface area contributed by atoms with Gasteiger partial charge in [0, 0.05) is 35.8 Å². The maximum atomic E-state index is 12.8. The second-order valence-corrected chi connectivity index (χ2v) is 8.34. The third kappa shape index (κ3) is 5.19. The number of carbonyl (C=O) groups excluding carboxylic acids is 1. The van der Waals surface area contributed by atoms with Gasteiger partial charge in [-0.05, 0) is 45.0 Å². The molecule has 146 valence electrons. The van der Waals surface area contributed by atoms with E-state index in [0.717, 1.165) is 36.0 Å². The smallest absolute Gasteiger partial charge is 0.284 e. The molecule has 0 atom stereocenters. The van der Waals surface area contributed by atoms with E-state index in [1.165, 1.54) is 29.2 Å². The number of nitro groups is 1. The number of nitro benzene ring substituents is 1. The molecule has 3 rings (SSSR count). The number of nitrogens with zero attached hydrogens (tertiary/aromatic N) is 3. The van der Waals surface area contributed by atoms with Crippen molar-refractivity contribution in [1.29, 1.82) is 0 Å². The number of rotatable bonds is 5. The predicted molar refractivity (Wildman–Crippen MR) is 109 cm³/mol. The lowest BCUT2D eigenvalue weighted by Gasteiger charge is -2.31. The van der Waals surface area contributed by atoms with Gasteiger partial charge < -0.3 is 10.2 Å². The van der Waals surface area contributed by atoms with Crippen molar-refractivity contribution in [2.24, 2.45) is 0 Å². The molecule has 1 fully saturated rings. The van der Waals surface area contributed by atoms with E-state index >= 15 is 0 Å². The number of amides is 1. The highest BCUT2D eigenvalue weighted by Gasteiger charge is 2.25. The fourth-order valence-electron chi connectivity index (χ4n) is 2.92. The summed E-state index contributed by atoms with van der Waals surface area (Å²) >= 11 is 2.70. The first kappa shape index (κ1) is 21.6. The molecule has 2 heterocycles. The van der Waals surface area contributed by atoms with Crippen LogP contribution in [0.15, 0.2) is 32.8 Å². The Bertz CT molecular complexity index is 824. The molecule has 1 amide bonds. The van der Waals surface area contributed by atoms with Crippen LogP contribution in [0.2, 0.25) is 0 Å². The van der Waals surface area contributed by atoms with Crippen LogP contribution in [0.3, 0.4) is 0 Å². The van der Waals surface area contributed by atoms with E-state index in [9.17, 15) is 14.9 Å².